The molecule has 29 heavy (non-hydrogen) atoms. The maximum Gasteiger partial charge on any atom is 0.252 e. The molecule has 1 fully saturated rings. The summed E-state index contributed by atoms with van der Waals surface area (Å²) in [6, 6.07) is 11.8. The molecule has 152 valence electrons. The number of aryl methyl sites for hydroxylation is 1. The molecular formula is C22H27N5O2. The second kappa shape index (κ2) is 9.15. The average molecular weight is 393 g/mol. The Morgan fingerprint density at radius 2 is 2.00 bits per heavy atom. The molecular weight excluding hydrogens is 366 g/mol. The van der Waals surface area contributed by atoms with Crippen molar-refractivity contribution in [3.63, 3.8) is 0 Å². The number of carbonyl (C=O) groups is 1. The number of morpholine rings is 1. The Bertz CT molecular complexity index is 964. The first kappa shape index (κ1) is 19.5. The highest BCUT2D eigenvalue weighted by atomic mass is 16.5. The van der Waals surface area contributed by atoms with Gasteiger partial charge in [-0.2, -0.15) is 5.10 Å². The van der Waals surface area contributed by atoms with E-state index in [0.717, 1.165) is 61.6 Å². The summed E-state index contributed by atoms with van der Waals surface area (Å²) in [5, 5.41) is 8.27. The van der Waals surface area contributed by atoms with E-state index in [9.17, 15) is 4.79 Å². The van der Waals surface area contributed by atoms with E-state index < -0.39 is 0 Å². The van der Waals surface area contributed by atoms with Crippen molar-refractivity contribution in [2.45, 2.75) is 19.9 Å². The normalized spacial score (nSPS) is 14.9. The van der Waals surface area contributed by atoms with Crippen LogP contribution < -0.4 is 5.32 Å². The lowest BCUT2D eigenvalue weighted by Gasteiger charge is -2.26. The van der Waals surface area contributed by atoms with Gasteiger partial charge in [-0.25, -0.2) is 9.67 Å². The summed E-state index contributed by atoms with van der Waals surface area (Å²) in [6.45, 7) is 7.87. The van der Waals surface area contributed by atoms with Crippen LogP contribution in [0.2, 0.25) is 0 Å². The number of rotatable bonds is 7. The third-order valence-electron chi connectivity index (χ3n) is 5.26. The average Bonchev–Trinajstić information content (AvgIpc) is 3.20. The van der Waals surface area contributed by atoms with Gasteiger partial charge in [0.05, 0.1) is 36.1 Å². The first-order valence-electron chi connectivity index (χ1n) is 10.3. The van der Waals surface area contributed by atoms with E-state index in [1.165, 1.54) is 0 Å². The maximum atomic E-state index is 13.0. The molecule has 0 unspecified atom stereocenters. The van der Waals surface area contributed by atoms with Crippen LogP contribution in [0.25, 0.3) is 22.3 Å². The Hall–Kier alpha value is -2.77. The van der Waals surface area contributed by atoms with Crippen molar-refractivity contribution < 1.29 is 9.53 Å². The van der Waals surface area contributed by atoms with Gasteiger partial charge in [-0.3, -0.25) is 9.69 Å². The molecule has 0 bridgehead atoms. The second-order valence-corrected chi connectivity index (χ2v) is 7.18. The Labute approximate surface area is 170 Å². The first-order valence-corrected chi connectivity index (χ1v) is 10.3. The Kier molecular flexibility index (Phi) is 6.17. The van der Waals surface area contributed by atoms with E-state index in [0.29, 0.717) is 18.7 Å². The third-order valence-corrected chi connectivity index (χ3v) is 5.26. The van der Waals surface area contributed by atoms with Crippen molar-refractivity contribution in [2.24, 2.45) is 0 Å². The molecule has 7 heteroatoms. The van der Waals surface area contributed by atoms with Gasteiger partial charge in [0, 0.05) is 31.7 Å². The second-order valence-electron chi connectivity index (χ2n) is 7.18. The minimum absolute atomic E-state index is 0.0767. The quantitative estimate of drug-likeness (QED) is 0.625. The number of benzene rings is 1. The van der Waals surface area contributed by atoms with Gasteiger partial charge < -0.3 is 10.1 Å². The molecule has 3 aromatic rings. The van der Waals surface area contributed by atoms with Crippen LogP contribution in [0.1, 0.15) is 23.7 Å². The summed E-state index contributed by atoms with van der Waals surface area (Å²) < 4.78 is 7.21. The Morgan fingerprint density at radius 1 is 1.21 bits per heavy atom. The fourth-order valence-electron chi connectivity index (χ4n) is 3.65. The summed E-state index contributed by atoms with van der Waals surface area (Å²) in [5.41, 5.74) is 3.14. The number of ether oxygens (including phenoxy) is 1. The largest absolute Gasteiger partial charge is 0.379 e. The number of amides is 1. The fraction of sp³-hybridized carbons (Fsp3) is 0.409. The van der Waals surface area contributed by atoms with Crippen molar-refractivity contribution in [2.75, 3.05) is 39.4 Å². The molecule has 0 atom stereocenters. The molecule has 1 aromatic carbocycles. The van der Waals surface area contributed by atoms with Gasteiger partial charge >= 0.3 is 0 Å². The van der Waals surface area contributed by atoms with Crippen LogP contribution in [0.5, 0.6) is 0 Å². The molecule has 1 aliphatic rings. The number of nitrogens with one attached hydrogen (secondary N) is 1. The molecule has 7 nitrogen and oxygen atoms in total. The topological polar surface area (TPSA) is 72.3 Å². The van der Waals surface area contributed by atoms with E-state index in [4.69, 9.17) is 9.72 Å². The van der Waals surface area contributed by atoms with Crippen molar-refractivity contribution in [1.82, 2.24) is 25.0 Å². The molecule has 1 N–H and O–H groups in total. The number of hydrogen-bond acceptors (Lipinski definition) is 5. The van der Waals surface area contributed by atoms with Crippen LogP contribution in [-0.4, -0.2) is 65.0 Å². The summed E-state index contributed by atoms with van der Waals surface area (Å²) in [5.74, 6) is -0.0767. The fourth-order valence-corrected chi connectivity index (χ4v) is 3.65. The molecule has 1 amide bonds. The molecule has 0 radical (unpaired) electrons. The van der Waals surface area contributed by atoms with Gasteiger partial charge in [0.15, 0.2) is 5.65 Å². The van der Waals surface area contributed by atoms with Gasteiger partial charge in [0.1, 0.15) is 0 Å². The zero-order chi connectivity index (χ0) is 20.1. The molecule has 4 rings (SSSR count). The van der Waals surface area contributed by atoms with E-state index in [2.05, 4.69) is 15.3 Å². The molecule has 1 aliphatic heterocycles. The van der Waals surface area contributed by atoms with E-state index in [1.807, 2.05) is 48.0 Å². The van der Waals surface area contributed by atoms with Crippen LogP contribution in [0, 0.1) is 0 Å². The lowest BCUT2D eigenvalue weighted by molar-refractivity contribution is 0.0374. The minimum Gasteiger partial charge on any atom is -0.379 e. The Balaban J connectivity index is 1.52. The molecule has 0 aliphatic carbocycles. The number of carbonyl (C=O) groups excluding carboxylic acids is 1. The zero-order valence-corrected chi connectivity index (χ0v) is 16.8. The van der Waals surface area contributed by atoms with Gasteiger partial charge in [0.25, 0.3) is 5.91 Å². The van der Waals surface area contributed by atoms with E-state index in [-0.39, 0.29) is 5.91 Å². The Morgan fingerprint density at radius 3 is 2.76 bits per heavy atom. The van der Waals surface area contributed by atoms with Crippen LogP contribution in [0.15, 0.2) is 42.6 Å². The van der Waals surface area contributed by atoms with Crippen LogP contribution in [-0.2, 0) is 11.3 Å². The number of fused-ring (bicyclic) bond motifs is 1. The van der Waals surface area contributed by atoms with Gasteiger partial charge in [-0.1, -0.05) is 30.3 Å². The van der Waals surface area contributed by atoms with Crippen LogP contribution in [0.4, 0.5) is 0 Å². The molecule has 3 heterocycles. The highest BCUT2D eigenvalue weighted by molar-refractivity contribution is 6.06. The predicted molar refractivity (Wildman–Crippen MR) is 113 cm³/mol. The lowest BCUT2D eigenvalue weighted by atomic mass is 10.1. The number of hydrogen-bond donors (Lipinski definition) is 1. The molecule has 1 saturated heterocycles. The van der Waals surface area contributed by atoms with Gasteiger partial charge in [-0.15, -0.1) is 0 Å². The highest BCUT2D eigenvalue weighted by Gasteiger charge is 2.17. The SMILES string of the molecule is CCn1ncc2c(C(=O)NCCCN3CCOCC3)cc(-c3ccccc3)nc21. The third kappa shape index (κ3) is 4.46. The van der Waals surface area contributed by atoms with Crippen LogP contribution in [0.3, 0.4) is 0 Å². The minimum atomic E-state index is -0.0767. The summed E-state index contributed by atoms with van der Waals surface area (Å²) in [6.07, 6.45) is 2.66. The summed E-state index contributed by atoms with van der Waals surface area (Å²) in [4.78, 5) is 20.1. The smallest absolute Gasteiger partial charge is 0.252 e. The van der Waals surface area contributed by atoms with Gasteiger partial charge in [0.2, 0.25) is 0 Å². The van der Waals surface area contributed by atoms with Crippen molar-refractivity contribution in [3.8, 4) is 11.3 Å². The van der Waals surface area contributed by atoms with Crippen LogP contribution >= 0.6 is 0 Å². The molecule has 0 spiro atoms. The molecule has 2 aromatic heterocycles. The van der Waals surface area contributed by atoms with Crippen molar-refractivity contribution >= 4 is 16.9 Å². The predicted octanol–water partition coefficient (Wildman–Crippen LogP) is 2.57. The van der Waals surface area contributed by atoms with Crippen molar-refractivity contribution in [1.29, 1.82) is 0 Å². The zero-order valence-electron chi connectivity index (χ0n) is 16.8. The van der Waals surface area contributed by atoms with E-state index in [1.54, 1.807) is 6.20 Å². The summed E-state index contributed by atoms with van der Waals surface area (Å²) >= 11 is 0. The van der Waals surface area contributed by atoms with Gasteiger partial charge in [-0.05, 0) is 26.0 Å². The highest BCUT2D eigenvalue weighted by Crippen LogP contribution is 2.24. The number of nitrogens with zero attached hydrogens (tertiary/aromatic N) is 4. The monoisotopic (exact) mass is 393 g/mol. The van der Waals surface area contributed by atoms with Crippen molar-refractivity contribution in [3.05, 3.63) is 48.2 Å². The molecule has 0 saturated carbocycles. The van der Waals surface area contributed by atoms with E-state index >= 15 is 0 Å². The number of aromatic nitrogens is 3. The first-order chi connectivity index (χ1) is 14.3. The summed E-state index contributed by atoms with van der Waals surface area (Å²) in [7, 11) is 0. The lowest BCUT2D eigenvalue weighted by Crippen LogP contribution is -2.38. The number of pyridine rings is 1. The standard InChI is InChI=1S/C22H27N5O2/c1-2-27-21-19(16-24-27)18(15-20(25-21)17-7-4-3-5-8-17)22(28)23-9-6-10-26-11-13-29-14-12-26/h3-5,7-8,15-16H,2,6,9-14H2,1H3,(H,23,28). The maximum absolute atomic E-state index is 13.0.